The smallest absolute Gasteiger partial charge is 0.295 e. The van der Waals surface area contributed by atoms with E-state index in [0.29, 0.717) is 49.7 Å². The summed E-state index contributed by atoms with van der Waals surface area (Å²) in [5.41, 5.74) is 2.61. The van der Waals surface area contributed by atoms with E-state index in [4.69, 9.17) is 9.47 Å². The number of carbonyl (C=O) groups excluding carboxylic acids is 2. The predicted octanol–water partition coefficient (Wildman–Crippen LogP) is 4.63. The van der Waals surface area contributed by atoms with Crippen molar-refractivity contribution in [3.05, 3.63) is 111 Å². The number of aliphatic hydroxyl groups is 1. The number of morpholine rings is 1. The first-order chi connectivity index (χ1) is 20.3. The number of amides is 1. The topological polar surface area (TPSA) is 122 Å². The van der Waals surface area contributed by atoms with Crippen LogP contribution >= 0.6 is 0 Å². The number of nitro benzene ring substituents is 1. The van der Waals surface area contributed by atoms with Gasteiger partial charge in [-0.25, -0.2) is 0 Å². The third-order valence-corrected chi connectivity index (χ3v) is 7.53. The summed E-state index contributed by atoms with van der Waals surface area (Å²) in [6.45, 7) is 6.21. The number of non-ortho nitro benzene ring substituents is 1. The van der Waals surface area contributed by atoms with Crippen molar-refractivity contribution in [3.8, 4) is 5.75 Å². The molecule has 2 fully saturated rings. The Labute approximate surface area is 243 Å². The van der Waals surface area contributed by atoms with Crippen LogP contribution in [0.3, 0.4) is 0 Å². The Morgan fingerprint density at radius 2 is 1.76 bits per heavy atom. The van der Waals surface area contributed by atoms with Crippen LogP contribution in [-0.4, -0.2) is 70.9 Å². The number of likely N-dealkylation sites (tertiary alicyclic amines) is 1. The molecule has 0 saturated carbocycles. The molecule has 10 nitrogen and oxygen atoms in total. The molecule has 1 atom stereocenters. The zero-order chi connectivity index (χ0) is 29.6. The van der Waals surface area contributed by atoms with E-state index in [9.17, 15) is 24.8 Å². The van der Waals surface area contributed by atoms with E-state index < -0.39 is 22.7 Å². The van der Waals surface area contributed by atoms with Gasteiger partial charge in [0.1, 0.15) is 18.1 Å². The third-order valence-electron chi connectivity index (χ3n) is 7.53. The first-order valence-corrected chi connectivity index (χ1v) is 13.9. The van der Waals surface area contributed by atoms with Crippen LogP contribution in [0.1, 0.15) is 34.7 Å². The summed E-state index contributed by atoms with van der Waals surface area (Å²) in [5.74, 6) is -1.33. The number of aryl methyl sites for hydroxylation is 1. The van der Waals surface area contributed by atoms with Gasteiger partial charge in [-0.05, 0) is 48.7 Å². The standard InChI is InChI=1S/C32H33N3O7/c1-22-5-2-6-23(19-22)21-42-27-11-9-24(10-12-27)30(36)28-29(25-7-3-8-26(20-25)35(39)40)34(32(38)31(28)37)14-4-13-33-15-17-41-18-16-33/h2-3,5-12,19-20,29,36H,4,13-18,21H2,1H3. The van der Waals surface area contributed by atoms with Gasteiger partial charge < -0.3 is 19.5 Å². The lowest BCUT2D eigenvalue weighted by atomic mass is 9.95. The van der Waals surface area contributed by atoms with E-state index in [1.54, 1.807) is 30.3 Å². The molecule has 2 aliphatic rings. The van der Waals surface area contributed by atoms with Gasteiger partial charge in [-0.15, -0.1) is 0 Å². The van der Waals surface area contributed by atoms with Crippen molar-refractivity contribution in [2.75, 3.05) is 39.4 Å². The molecule has 0 spiro atoms. The first-order valence-electron chi connectivity index (χ1n) is 13.9. The molecule has 2 heterocycles. The molecule has 0 aromatic heterocycles. The Hall–Kier alpha value is -4.54. The van der Waals surface area contributed by atoms with E-state index in [0.717, 1.165) is 24.2 Å². The summed E-state index contributed by atoms with van der Waals surface area (Å²) in [4.78, 5) is 41.3. The number of ketones is 1. The van der Waals surface area contributed by atoms with Crippen molar-refractivity contribution in [1.82, 2.24) is 9.80 Å². The maximum Gasteiger partial charge on any atom is 0.295 e. The molecule has 0 bridgehead atoms. The number of rotatable bonds is 10. The van der Waals surface area contributed by atoms with Crippen LogP contribution < -0.4 is 4.74 Å². The lowest BCUT2D eigenvalue weighted by Gasteiger charge is -2.29. The second kappa shape index (κ2) is 13.0. The number of hydrogen-bond donors (Lipinski definition) is 1. The number of ether oxygens (including phenoxy) is 2. The van der Waals surface area contributed by atoms with Crippen molar-refractivity contribution in [2.45, 2.75) is 26.0 Å². The van der Waals surface area contributed by atoms with Crippen molar-refractivity contribution < 1.29 is 29.1 Å². The molecule has 3 aromatic rings. The van der Waals surface area contributed by atoms with Gasteiger partial charge >= 0.3 is 0 Å². The molecule has 0 aliphatic carbocycles. The molecule has 1 amide bonds. The van der Waals surface area contributed by atoms with E-state index in [1.165, 1.54) is 23.1 Å². The molecule has 1 N–H and O–H groups in total. The Kier molecular flexibility index (Phi) is 8.94. The molecule has 10 heteroatoms. The Morgan fingerprint density at radius 3 is 2.48 bits per heavy atom. The van der Waals surface area contributed by atoms with Crippen LogP contribution in [0.5, 0.6) is 5.75 Å². The summed E-state index contributed by atoms with van der Waals surface area (Å²) in [7, 11) is 0. The summed E-state index contributed by atoms with van der Waals surface area (Å²) in [5, 5.41) is 22.9. The monoisotopic (exact) mass is 571 g/mol. The quantitative estimate of drug-likeness (QED) is 0.123. The van der Waals surface area contributed by atoms with E-state index in [1.807, 2.05) is 31.2 Å². The Balaban J connectivity index is 1.42. The highest BCUT2D eigenvalue weighted by Gasteiger charge is 2.46. The summed E-state index contributed by atoms with van der Waals surface area (Å²) >= 11 is 0. The first kappa shape index (κ1) is 29.0. The highest BCUT2D eigenvalue weighted by Crippen LogP contribution is 2.40. The molecular weight excluding hydrogens is 538 g/mol. The number of aliphatic hydroxyl groups excluding tert-OH is 1. The lowest BCUT2D eigenvalue weighted by molar-refractivity contribution is -0.384. The largest absolute Gasteiger partial charge is 0.507 e. The highest BCUT2D eigenvalue weighted by atomic mass is 16.6. The molecular formula is C32H33N3O7. The number of nitro groups is 1. The molecule has 5 rings (SSSR count). The van der Waals surface area contributed by atoms with Crippen molar-refractivity contribution >= 4 is 23.1 Å². The number of nitrogens with zero attached hydrogens (tertiary/aromatic N) is 3. The maximum atomic E-state index is 13.4. The lowest BCUT2D eigenvalue weighted by Crippen LogP contribution is -2.39. The zero-order valence-corrected chi connectivity index (χ0v) is 23.4. The van der Waals surface area contributed by atoms with Gasteiger partial charge in [0.2, 0.25) is 0 Å². The summed E-state index contributed by atoms with van der Waals surface area (Å²) in [6, 6.07) is 19.5. The van der Waals surface area contributed by atoms with Gasteiger partial charge in [-0.3, -0.25) is 24.6 Å². The van der Waals surface area contributed by atoms with Gasteiger partial charge in [-0.1, -0.05) is 42.0 Å². The second-order valence-electron chi connectivity index (χ2n) is 10.5. The normalized spacial score (nSPS) is 18.8. The van der Waals surface area contributed by atoms with E-state index in [-0.39, 0.29) is 23.6 Å². The van der Waals surface area contributed by atoms with E-state index >= 15 is 0 Å². The van der Waals surface area contributed by atoms with Gasteiger partial charge in [-0.2, -0.15) is 0 Å². The SMILES string of the molecule is Cc1cccc(COc2ccc(C(O)=C3C(=O)C(=O)N(CCCN4CCOCC4)C3c3cccc([N+](=O)[O-])c3)cc2)c1. The van der Waals surface area contributed by atoms with Crippen LogP contribution in [0.4, 0.5) is 5.69 Å². The summed E-state index contributed by atoms with van der Waals surface area (Å²) < 4.78 is 11.3. The second-order valence-corrected chi connectivity index (χ2v) is 10.5. The minimum absolute atomic E-state index is 0.0969. The Bertz CT molecular complexity index is 1500. The Morgan fingerprint density at radius 1 is 1.02 bits per heavy atom. The van der Waals surface area contributed by atoms with Crippen molar-refractivity contribution in [2.24, 2.45) is 0 Å². The summed E-state index contributed by atoms with van der Waals surface area (Å²) in [6.07, 6.45) is 0.589. The molecule has 0 radical (unpaired) electrons. The molecule has 2 aliphatic heterocycles. The van der Waals surface area contributed by atoms with Gasteiger partial charge in [0.15, 0.2) is 0 Å². The minimum atomic E-state index is -0.966. The fourth-order valence-electron chi connectivity index (χ4n) is 5.39. The van der Waals surface area contributed by atoms with Gasteiger partial charge in [0.05, 0.1) is 29.8 Å². The molecule has 218 valence electrons. The fourth-order valence-corrected chi connectivity index (χ4v) is 5.39. The number of carbonyl (C=O) groups is 2. The molecule has 2 saturated heterocycles. The van der Waals surface area contributed by atoms with Crippen molar-refractivity contribution in [3.63, 3.8) is 0 Å². The highest BCUT2D eigenvalue weighted by molar-refractivity contribution is 6.46. The van der Waals surface area contributed by atoms with Crippen molar-refractivity contribution in [1.29, 1.82) is 0 Å². The molecule has 1 unspecified atom stereocenters. The molecule has 42 heavy (non-hydrogen) atoms. The third kappa shape index (κ3) is 6.50. The molecule has 3 aromatic carbocycles. The maximum absolute atomic E-state index is 13.4. The zero-order valence-electron chi connectivity index (χ0n) is 23.4. The van der Waals surface area contributed by atoms with Crippen LogP contribution in [0.15, 0.2) is 78.4 Å². The van der Waals surface area contributed by atoms with Crippen LogP contribution in [0.2, 0.25) is 0 Å². The fraction of sp³-hybridized carbons (Fsp3) is 0.312. The average Bonchev–Trinajstić information content (AvgIpc) is 3.26. The average molecular weight is 572 g/mol. The number of benzene rings is 3. The van der Waals surface area contributed by atoms with E-state index in [2.05, 4.69) is 4.90 Å². The van der Waals surface area contributed by atoms with Crippen LogP contribution in [-0.2, 0) is 20.9 Å². The van der Waals surface area contributed by atoms with Gasteiger partial charge in [0.25, 0.3) is 17.4 Å². The number of hydrogen-bond acceptors (Lipinski definition) is 8. The predicted molar refractivity (Wildman–Crippen MR) is 156 cm³/mol. The van der Waals surface area contributed by atoms with Crippen LogP contribution in [0, 0.1) is 17.0 Å². The van der Waals surface area contributed by atoms with Crippen LogP contribution in [0.25, 0.3) is 5.76 Å². The minimum Gasteiger partial charge on any atom is -0.507 e. The number of Topliss-reactive ketones (excluding diaryl/α,β-unsaturated/α-hetero) is 1. The van der Waals surface area contributed by atoms with Gasteiger partial charge in [0, 0.05) is 43.9 Å².